The Morgan fingerprint density at radius 1 is 1.12 bits per heavy atom. The van der Waals surface area contributed by atoms with Crippen LogP contribution in [0, 0.1) is 19.8 Å². The average molecular weight is 380 g/mol. The third-order valence-electron chi connectivity index (χ3n) is 5.52. The van der Waals surface area contributed by atoms with Gasteiger partial charge in [-0.15, -0.1) is 0 Å². The summed E-state index contributed by atoms with van der Waals surface area (Å²) >= 11 is 0. The lowest BCUT2D eigenvalue weighted by Crippen LogP contribution is -2.50. The quantitative estimate of drug-likeness (QED) is 0.866. The van der Waals surface area contributed by atoms with E-state index in [9.17, 15) is 13.2 Å². The summed E-state index contributed by atoms with van der Waals surface area (Å²) in [5, 5.41) is 0. The molecule has 2 fully saturated rings. The Morgan fingerprint density at radius 3 is 2.42 bits per heavy atom. The van der Waals surface area contributed by atoms with Crippen LogP contribution in [0.5, 0.6) is 0 Å². The maximum Gasteiger partial charge on any atom is 0.243 e. The van der Waals surface area contributed by atoms with Gasteiger partial charge in [0.15, 0.2) is 0 Å². The van der Waals surface area contributed by atoms with E-state index >= 15 is 0 Å². The fraction of sp³-hybridized carbons (Fsp3) is 0.632. The first-order valence-electron chi connectivity index (χ1n) is 9.41. The van der Waals surface area contributed by atoms with Crippen molar-refractivity contribution >= 4 is 15.9 Å². The van der Waals surface area contributed by atoms with Gasteiger partial charge in [-0.25, -0.2) is 8.42 Å². The molecule has 0 saturated carbocycles. The highest BCUT2D eigenvalue weighted by Gasteiger charge is 2.35. The Balaban J connectivity index is 1.65. The normalized spacial score (nSPS) is 23.2. The Morgan fingerprint density at radius 2 is 1.81 bits per heavy atom. The molecule has 6 nitrogen and oxygen atoms in total. The lowest BCUT2D eigenvalue weighted by atomic mass is 9.95. The van der Waals surface area contributed by atoms with Gasteiger partial charge in [0.25, 0.3) is 0 Å². The Labute approximate surface area is 156 Å². The third kappa shape index (κ3) is 3.94. The molecule has 1 aromatic carbocycles. The number of piperidine rings is 2. The minimum atomic E-state index is -3.50. The maximum atomic E-state index is 13.0. The molecule has 0 aliphatic carbocycles. The number of aryl methyl sites for hydroxylation is 2. The topological polar surface area (TPSA) is 83.7 Å². The lowest BCUT2D eigenvalue weighted by Gasteiger charge is -2.36. The van der Waals surface area contributed by atoms with Crippen LogP contribution in [0.25, 0.3) is 0 Å². The van der Waals surface area contributed by atoms with Crippen LogP contribution in [-0.4, -0.2) is 55.8 Å². The molecule has 2 aliphatic heterocycles. The molecule has 0 aromatic heterocycles. The molecule has 1 atom stereocenters. The van der Waals surface area contributed by atoms with Crippen molar-refractivity contribution in [1.29, 1.82) is 0 Å². The highest BCUT2D eigenvalue weighted by molar-refractivity contribution is 7.89. The molecule has 144 valence electrons. The highest BCUT2D eigenvalue weighted by atomic mass is 32.2. The summed E-state index contributed by atoms with van der Waals surface area (Å²) in [4.78, 5) is 15.0. The number of amides is 1. The SMILES string of the molecule is Cc1ccc(S(=O)(=O)N2CCC(C(=O)N3CCCC(N)C3)CC2)c(C)c1. The Bertz CT molecular complexity index is 770. The number of hydrogen-bond donors (Lipinski definition) is 1. The fourth-order valence-corrected chi connectivity index (χ4v) is 5.71. The summed E-state index contributed by atoms with van der Waals surface area (Å²) < 4.78 is 27.4. The summed E-state index contributed by atoms with van der Waals surface area (Å²) in [6.45, 7) is 5.97. The van der Waals surface area contributed by atoms with Gasteiger partial charge < -0.3 is 10.6 Å². The minimum Gasteiger partial charge on any atom is -0.341 e. The molecule has 0 spiro atoms. The van der Waals surface area contributed by atoms with Crippen LogP contribution in [-0.2, 0) is 14.8 Å². The summed E-state index contributed by atoms with van der Waals surface area (Å²) in [5.74, 6) is 0.0505. The van der Waals surface area contributed by atoms with Crippen LogP contribution in [0.2, 0.25) is 0 Å². The molecule has 1 amide bonds. The number of carbonyl (C=O) groups excluding carboxylic acids is 1. The molecule has 0 bridgehead atoms. The van der Waals surface area contributed by atoms with Crippen molar-refractivity contribution in [3.05, 3.63) is 29.3 Å². The number of carbonyl (C=O) groups is 1. The number of nitrogens with zero attached hydrogens (tertiary/aromatic N) is 2. The predicted octanol–water partition coefficient (Wildman–Crippen LogP) is 1.65. The largest absolute Gasteiger partial charge is 0.341 e. The van der Waals surface area contributed by atoms with Crippen molar-refractivity contribution in [2.24, 2.45) is 11.7 Å². The number of rotatable bonds is 3. The van der Waals surface area contributed by atoms with E-state index in [1.54, 1.807) is 6.07 Å². The first kappa shape index (κ1) is 19.3. The first-order chi connectivity index (χ1) is 12.3. The molecule has 7 heteroatoms. The van der Waals surface area contributed by atoms with Crippen molar-refractivity contribution in [2.45, 2.75) is 50.5 Å². The third-order valence-corrected chi connectivity index (χ3v) is 7.58. The highest BCUT2D eigenvalue weighted by Crippen LogP contribution is 2.27. The van der Waals surface area contributed by atoms with Crippen molar-refractivity contribution in [2.75, 3.05) is 26.2 Å². The second-order valence-corrected chi connectivity index (χ2v) is 9.54. The molecule has 2 saturated heterocycles. The van der Waals surface area contributed by atoms with E-state index in [2.05, 4.69) is 0 Å². The van der Waals surface area contributed by atoms with Gasteiger partial charge in [0, 0.05) is 38.1 Å². The molecule has 1 unspecified atom stereocenters. The van der Waals surface area contributed by atoms with E-state index in [1.165, 1.54) is 4.31 Å². The van der Waals surface area contributed by atoms with Crippen molar-refractivity contribution < 1.29 is 13.2 Å². The number of nitrogens with two attached hydrogens (primary N) is 1. The van der Waals surface area contributed by atoms with Gasteiger partial charge >= 0.3 is 0 Å². The molecular weight excluding hydrogens is 350 g/mol. The molecule has 2 heterocycles. The lowest BCUT2D eigenvalue weighted by molar-refractivity contribution is -0.137. The summed E-state index contributed by atoms with van der Waals surface area (Å²) in [5.41, 5.74) is 7.80. The molecular formula is C19H29N3O3S. The van der Waals surface area contributed by atoms with Crippen LogP contribution < -0.4 is 5.73 Å². The van der Waals surface area contributed by atoms with Crippen molar-refractivity contribution in [3.63, 3.8) is 0 Å². The Kier molecular flexibility index (Phi) is 5.69. The van der Waals surface area contributed by atoms with Gasteiger partial charge in [0.2, 0.25) is 15.9 Å². The molecule has 26 heavy (non-hydrogen) atoms. The van der Waals surface area contributed by atoms with E-state index in [4.69, 9.17) is 5.73 Å². The van der Waals surface area contributed by atoms with Crippen LogP contribution in [0.15, 0.2) is 23.1 Å². The van der Waals surface area contributed by atoms with E-state index in [-0.39, 0.29) is 17.9 Å². The van der Waals surface area contributed by atoms with Crippen molar-refractivity contribution in [1.82, 2.24) is 9.21 Å². The molecule has 0 radical (unpaired) electrons. The van der Waals surface area contributed by atoms with Crippen LogP contribution in [0.1, 0.15) is 36.8 Å². The molecule has 2 N–H and O–H groups in total. The zero-order valence-corrected chi connectivity index (χ0v) is 16.5. The van der Waals surface area contributed by atoms with Gasteiger partial charge in [0.1, 0.15) is 0 Å². The van der Waals surface area contributed by atoms with E-state index < -0.39 is 10.0 Å². The molecule has 2 aliphatic rings. The van der Waals surface area contributed by atoms with Crippen LogP contribution in [0.3, 0.4) is 0 Å². The molecule has 3 rings (SSSR count). The van der Waals surface area contributed by atoms with Gasteiger partial charge in [-0.05, 0) is 51.2 Å². The zero-order valence-electron chi connectivity index (χ0n) is 15.6. The number of hydrogen-bond acceptors (Lipinski definition) is 4. The number of likely N-dealkylation sites (tertiary alicyclic amines) is 1. The fourth-order valence-electron chi connectivity index (χ4n) is 4.04. The van der Waals surface area contributed by atoms with E-state index in [0.29, 0.717) is 37.4 Å². The molecule has 1 aromatic rings. The second kappa shape index (κ2) is 7.66. The van der Waals surface area contributed by atoms with Gasteiger partial charge in [-0.2, -0.15) is 4.31 Å². The number of benzene rings is 1. The van der Waals surface area contributed by atoms with E-state index in [1.807, 2.05) is 30.9 Å². The standard InChI is InChI=1S/C19H29N3O3S/c1-14-5-6-18(15(2)12-14)26(24,25)22-10-7-16(8-11-22)19(23)21-9-3-4-17(20)13-21/h5-6,12,16-17H,3-4,7-11,13,20H2,1-2H3. The average Bonchev–Trinajstić information content (AvgIpc) is 2.61. The predicted molar refractivity (Wildman–Crippen MR) is 101 cm³/mol. The summed E-state index contributed by atoms with van der Waals surface area (Å²) in [7, 11) is -3.50. The number of sulfonamides is 1. The zero-order chi connectivity index (χ0) is 18.9. The smallest absolute Gasteiger partial charge is 0.243 e. The first-order valence-corrected chi connectivity index (χ1v) is 10.8. The summed E-state index contributed by atoms with van der Waals surface area (Å²) in [6, 6.07) is 5.47. The van der Waals surface area contributed by atoms with Gasteiger partial charge in [0.05, 0.1) is 4.90 Å². The maximum absolute atomic E-state index is 13.0. The second-order valence-electron chi connectivity index (χ2n) is 7.63. The minimum absolute atomic E-state index is 0.0673. The van der Waals surface area contributed by atoms with Crippen LogP contribution >= 0.6 is 0 Å². The van der Waals surface area contributed by atoms with Gasteiger partial charge in [-0.1, -0.05) is 17.7 Å². The van der Waals surface area contributed by atoms with E-state index in [0.717, 1.165) is 30.5 Å². The monoisotopic (exact) mass is 379 g/mol. The Hall–Kier alpha value is -1.44. The van der Waals surface area contributed by atoms with Gasteiger partial charge in [-0.3, -0.25) is 4.79 Å². The van der Waals surface area contributed by atoms with Crippen LogP contribution in [0.4, 0.5) is 0 Å². The van der Waals surface area contributed by atoms with Crippen molar-refractivity contribution in [3.8, 4) is 0 Å². The summed E-state index contributed by atoms with van der Waals surface area (Å²) in [6.07, 6.45) is 3.08.